The minimum atomic E-state index is -0.833. The summed E-state index contributed by atoms with van der Waals surface area (Å²) in [4.78, 5) is 31.8. The van der Waals surface area contributed by atoms with Crippen molar-refractivity contribution in [3.63, 3.8) is 0 Å². The number of piperidine rings is 1. The van der Waals surface area contributed by atoms with Gasteiger partial charge in [-0.15, -0.1) is 0 Å². The van der Waals surface area contributed by atoms with E-state index in [0.29, 0.717) is 12.6 Å². The lowest BCUT2D eigenvalue weighted by molar-refractivity contribution is -0.135. The molecule has 9 heteroatoms. The van der Waals surface area contributed by atoms with Crippen LogP contribution in [0.5, 0.6) is 0 Å². The predicted molar refractivity (Wildman–Crippen MR) is 95.0 cm³/mol. The zero-order chi connectivity index (χ0) is 19.6. The van der Waals surface area contributed by atoms with Gasteiger partial charge in [-0.3, -0.25) is 19.3 Å². The number of carbonyl (C=O) groups excluding carboxylic acids is 1. The van der Waals surface area contributed by atoms with E-state index in [0.717, 1.165) is 72.3 Å². The van der Waals surface area contributed by atoms with Gasteiger partial charge in [0.15, 0.2) is 0 Å². The van der Waals surface area contributed by atoms with Crippen LogP contribution in [0.4, 0.5) is 0 Å². The molecule has 0 aromatic rings. The predicted octanol–water partition coefficient (Wildman–Crippen LogP) is -0.0988. The number of nitrogens with one attached hydrogen (secondary N) is 2. The molecule has 0 saturated carbocycles. The first-order valence-corrected chi connectivity index (χ1v) is 8.98. The first-order chi connectivity index (χ1) is 12.2. The Hall–Kier alpha value is -1.71. The van der Waals surface area contributed by atoms with Crippen molar-refractivity contribution in [2.75, 3.05) is 39.3 Å². The van der Waals surface area contributed by atoms with Crippen molar-refractivity contribution in [1.29, 1.82) is 0 Å². The standard InChI is InChI=1S/C13H23N3O2.2C2H4O2/c17-12-10-16(7-6-15-12)11-1-8-18-13(9-11)2-4-14-5-3-13;2*1-2(3)4/h11,14H,1-10H2,(H,15,17);2*1H3,(H,3,4). The van der Waals surface area contributed by atoms with E-state index in [1.807, 2.05) is 0 Å². The molecule has 3 rings (SSSR count). The molecule has 3 saturated heterocycles. The van der Waals surface area contributed by atoms with Crippen LogP contribution in [0.3, 0.4) is 0 Å². The zero-order valence-electron chi connectivity index (χ0n) is 15.6. The maximum absolute atomic E-state index is 11.5. The number of piperazine rings is 1. The van der Waals surface area contributed by atoms with Gasteiger partial charge in [0.2, 0.25) is 5.91 Å². The quantitative estimate of drug-likeness (QED) is 0.502. The maximum atomic E-state index is 11.5. The highest BCUT2D eigenvalue weighted by Gasteiger charge is 2.40. The normalized spacial score (nSPS) is 25.0. The third kappa shape index (κ3) is 8.59. The monoisotopic (exact) mass is 373 g/mol. The van der Waals surface area contributed by atoms with E-state index < -0.39 is 11.9 Å². The summed E-state index contributed by atoms with van der Waals surface area (Å²) in [7, 11) is 0. The highest BCUT2D eigenvalue weighted by atomic mass is 16.5. The van der Waals surface area contributed by atoms with Crippen molar-refractivity contribution >= 4 is 17.8 Å². The van der Waals surface area contributed by atoms with Crippen LogP contribution in [0.2, 0.25) is 0 Å². The number of aliphatic carboxylic acids is 2. The lowest BCUT2D eigenvalue weighted by Gasteiger charge is -2.47. The molecular formula is C17H31N3O6. The van der Waals surface area contributed by atoms with Crippen LogP contribution in [0.25, 0.3) is 0 Å². The number of carboxylic acid groups (broad SMARTS) is 2. The molecule has 1 amide bonds. The summed E-state index contributed by atoms with van der Waals surface area (Å²) in [5.74, 6) is -1.49. The number of rotatable bonds is 1. The molecule has 3 aliphatic heterocycles. The first kappa shape index (κ1) is 22.3. The van der Waals surface area contributed by atoms with Crippen LogP contribution in [0.1, 0.15) is 39.5 Å². The third-order valence-corrected chi connectivity index (χ3v) is 4.57. The van der Waals surface area contributed by atoms with Gasteiger partial charge in [-0.05, 0) is 38.8 Å². The Balaban J connectivity index is 0.000000360. The molecule has 3 aliphatic rings. The number of amides is 1. The summed E-state index contributed by atoms with van der Waals surface area (Å²) in [6, 6.07) is 0.530. The Morgan fingerprint density at radius 1 is 1.15 bits per heavy atom. The van der Waals surface area contributed by atoms with Crippen molar-refractivity contribution < 1.29 is 29.3 Å². The van der Waals surface area contributed by atoms with E-state index >= 15 is 0 Å². The molecule has 3 heterocycles. The fourth-order valence-electron chi connectivity index (χ4n) is 3.51. The lowest BCUT2D eigenvalue weighted by Crippen LogP contribution is -2.57. The van der Waals surface area contributed by atoms with Gasteiger partial charge >= 0.3 is 0 Å². The minimum absolute atomic E-state index is 0.0854. The Morgan fingerprint density at radius 3 is 2.27 bits per heavy atom. The van der Waals surface area contributed by atoms with E-state index in [9.17, 15) is 4.79 Å². The summed E-state index contributed by atoms with van der Waals surface area (Å²) >= 11 is 0. The van der Waals surface area contributed by atoms with Crippen molar-refractivity contribution in [2.45, 2.75) is 51.2 Å². The van der Waals surface area contributed by atoms with Crippen molar-refractivity contribution in [2.24, 2.45) is 0 Å². The summed E-state index contributed by atoms with van der Waals surface area (Å²) < 4.78 is 6.09. The maximum Gasteiger partial charge on any atom is 0.300 e. The van der Waals surface area contributed by atoms with Gasteiger partial charge in [0.05, 0.1) is 12.1 Å². The van der Waals surface area contributed by atoms with Crippen molar-refractivity contribution in [1.82, 2.24) is 15.5 Å². The number of carboxylic acids is 2. The molecule has 0 aliphatic carbocycles. The average molecular weight is 373 g/mol. The van der Waals surface area contributed by atoms with Crippen molar-refractivity contribution in [3.8, 4) is 0 Å². The molecule has 1 atom stereocenters. The number of hydrogen-bond donors (Lipinski definition) is 4. The van der Waals surface area contributed by atoms with E-state index in [1.165, 1.54) is 0 Å². The Morgan fingerprint density at radius 2 is 1.73 bits per heavy atom. The van der Waals surface area contributed by atoms with E-state index in [-0.39, 0.29) is 11.5 Å². The van der Waals surface area contributed by atoms with Gasteiger partial charge in [-0.2, -0.15) is 0 Å². The molecule has 26 heavy (non-hydrogen) atoms. The smallest absolute Gasteiger partial charge is 0.300 e. The molecule has 0 radical (unpaired) electrons. The Labute approximate surface area is 154 Å². The van der Waals surface area contributed by atoms with Gasteiger partial charge in [-0.25, -0.2) is 0 Å². The third-order valence-electron chi connectivity index (χ3n) is 4.57. The fourth-order valence-corrected chi connectivity index (χ4v) is 3.51. The lowest BCUT2D eigenvalue weighted by atomic mass is 9.82. The molecule has 0 bridgehead atoms. The Kier molecular flexibility index (Phi) is 9.53. The van der Waals surface area contributed by atoms with Crippen LogP contribution < -0.4 is 10.6 Å². The number of hydrogen-bond acceptors (Lipinski definition) is 6. The highest BCUT2D eigenvalue weighted by molar-refractivity contribution is 5.78. The first-order valence-electron chi connectivity index (χ1n) is 8.98. The fraction of sp³-hybridized carbons (Fsp3) is 0.824. The molecular weight excluding hydrogens is 342 g/mol. The zero-order valence-corrected chi connectivity index (χ0v) is 15.6. The van der Waals surface area contributed by atoms with E-state index in [2.05, 4.69) is 15.5 Å². The number of ether oxygens (including phenoxy) is 1. The van der Waals surface area contributed by atoms with Gasteiger partial charge in [0.1, 0.15) is 0 Å². The topological polar surface area (TPSA) is 128 Å². The molecule has 3 fully saturated rings. The molecule has 0 aromatic heterocycles. The largest absolute Gasteiger partial charge is 0.481 e. The molecule has 1 spiro atoms. The van der Waals surface area contributed by atoms with Crippen LogP contribution >= 0.6 is 0 Å². The summed E-state index contributed by atoms with van der Waals surface area (Å²) in [5, 5.41) is 21.1. The second-order valence-electron chi connectivity index (χ2n) is 6.79. The molecule has 150 valence electrons. The van der Waals surface area contributed by atoms with E-state index in [4.69, 9.17) is 24.5 Å². The van der Waals surface area contributed by atoms with Crippen LogP contribution in [0.15, 0.2) is 0 Å². The molecule has 0 aromatic carbocycles. The van der Waals surface area contributed by atoms with Crippen LogP contribution in [0, 0.1) is 0 Å². The molecule has 9 nitrogen and oxygen atoms in total. The summed E-state index contributed by atoms with van der Waals surface area (Å²) in [6.45, 7) is 7.50. The van der Waals surface area contributed by atoms with Crippen LogP contribution in [-0.4, -0.2) is 83.9 Å². The van der Waals surface area contributed by atoms with Gasteiger partial charge < -0.3 is 25.6 Å². The number of carbonyl (C=O) groups is 3. The summed E-state index contributed by atoms with van der Waals surface area (Å²) in [6.07, 6.45) is 4.40. The Bertz CT molecular complexity index is 454. The summed E-state index contributed by atoms with van der Waals surface area (Å²) in [5.41, 5.74) is 0.0854. The number of nitrogens with zero attached hydrogens (tertiary/aromatic N) is 1. The van der Waals surface area contributed by atoms with Gasteiger partial charge in [0.25, 0.3) is 11.9 Å². The SMILES string of the molecule is CC(=O)O.CC(=O)O.O=C1CN(C2CCOC3(CCNCC3)C2)CCN1. The second kappa shape index (κ2) is 11.1. The van der Waals surface area contributed by atoms with E-state index in [1.54, 1.807) is 0 Å². The highest BCUT2D eigenvalue weighted by Crippen LogP contribution is 2.35. The van der Waals surface area contributed by atoms with Gasteiger partial charge in [-0.1, -0.05) is 0 Å². The van der Waals surface area contributed by atoms with Crippen molar-refractivity contribution in [3.05, 3.63) is 0 Å². The molecule has 1 unspecified atom stereocenters. The minimum Gasteiger partial charge on any atom is -0.481 e. The second-order valence-corrected chi connectivity index (χ2v) is 6.79. The average Bonchev–Trinajstić information content (AvgIpc) is 2.55. The van der Waals surface area contributed by atoms with Gasteiger partial charge in [0, 0.05) is 39.6 Å². The van der Waals surface area contributed by atoms with Crippen LogP contribution in [-0.2, 0) is 19.1 Å². The molecule has 4 N–H and O–H groups in total.